The Morgan fingerprint density at radius 2 is 1.91 bits per heavy atom. The lowest BCUT2D eigenvalue weighted by atomic mass is 10.9. The molecule has 0 aliphatic carbocycles. The smallest absolute Gasteiger partial charge is 0.341 e. The van der Waals surface area contributed by atoms with E-state index in [1.165, 1.54) is 14.1 Å². The summed E-state index contributed by atoms with van der Waals surface area (Å²) in [5.41, 5.74) is 0. The molecule has 0 aromatic rings. The van der Waals surface area contributed by atoms with Gasteiger partial charge >= 0.3 is 12.1 Å². The Balaban J connectivity index is 3.60. The topological polar surface area (TPSA) is 82.6 Å². The van der Waals surface area contributed by atoms with Gasteiger partial charge in [-0.2, -0.15) is 4.99 Å². The first kappa shape index (κ1) is 9.41. The molecule has 6 heteroatoms. The molecule has 0 radical (unpaired) electrons. The van der Waals surface area contributed by atoms with Crippen molar-refractivity contribution in [2.75, 3.05) is 14.1 Å². The SMILES string of the molecule is CNC(=O)/N=C/NC(=O)NC. The molecule has 62 valence electrons. The molecular weight excluding hydrogens is 148 g/mol. The lowest BCUT2D eigenvalue weighted by Gasteiger charge is -1.94. The Bertz CT molecular complexity index is 177. The Morgan fingerprint density at radius 1 is 1.27 bits per heavy atom. The van der Waals surface area contributed by atoms with Crippen LogP contribution in [0, 0.1) is 0 Å². The van der Waals surface area contributed by atoms with E-state index in [-0.39, 0.29) is 0 Å². The summed E-state index contributed by atoms with van der Waals surface area (Å²) < 4.78 is 0. The van der Waals surface area contributed by atoms with Crippen molar-refractivity contribution in [3.63, 3.8) is 0 Å². The molecule has 0 heterocycles. The van der Waals surface area contributed by atoms with Crippen molar-refractivity contribution in [1.29, 1.82) is 0 Å². The van der Waals surface area contributed by atoms with Crippen LogP contribution in [-0.2, 0) is 0 Å². The van der Waals surface area contributed by atoms with E-state index in [0.29, 0.717) is 0 Å². The number of carbonyl (C=O) groups is 2. The van der Waals surface area contributed by atoms with Gasteiger partial charge in [-0.1, -0.05) is 0 Å². The minimum absolute atomic E-state index is 0.419. The largest absolute Gasteiger partial charge is 0.342 e. The van der Waals surface area contributed by atoms with Gasteiger partial charge in [-0.15, -0.1) is 0 Å². The van der Waals surface area contributed by atoms with Crippen LogP contribution in [0.15, 0.2) is 4.99 Å². The first-order valence-electron chi connectivity index (χ1n) is 2.93. The van der Waals surface area contributed by atoms with Gasteiger partial charge in [-0.25, -0.2) is 9.59 Å². The molecule has 0 aliphatic rings. The van der Waals surface area contributed by atoms with Gasteiger partial charge in [0.1, 0.15) is 6.34 Å². The van der Waals surface area contributed by atoms with Gasteiger partial charge in [0.15, 0.2) is 0 Å². The van der Waals surface area contributed by atoms with Crippen molar-refractivity contribution in [3.05, 3.63) is 0 Å². The Labute approximate surface area is 64.1 Å². The number of hydrogen-bond acceptors (Lipinski definition) is 2. The number of aliphatic imine (C=N–C) groups is 1. The predicted molar refractivity (Wildman–Crippen MR) is 40.5 cm³/mol. The highest BCUT2D eigenvalue weighted by Crippen LogP contribution is 1.66. The normalized spacial score (nSPS) is 9.27. The first-order chi connectivity index (χ1) is 5.20. The maximum Gasteiger partial charge on any atom is 0.342 e. The van der Waals surface area contributed by atoms with Crippen molar-refractivity contribution >= 4 is 18.4 Å². The van der Waals surface area contributed by atoms with Crippen LogP contribution in [0.1, 0.15) is 0 Å². The highest BCUT2D eigenvalue weighted by atomic mass is 16.2. The third kappa shape index (κ3) is 4.89. The molecule has 0 aliphatic heterocycles. The van der Waals surface area contributed by atoms with E-state index in [2.05, 4.69) is 20.9 Å². The van der Waals surface area contributed by atoms with E-state index in [1.807, 2.05) is 0 Å². The number of nitrogens with zero attached hydrogens (tertiary/aromatic N) is 1. The molecule has 4 amide bonds. The van der Waals surface area contributed by atoms with E-state index in [1.54, 1.807) is 0 Å². The standard InChI is InChI=1S/C5H10N4O2/c1-6-4(10)8-3-9-5(11)7-2/h3H,1-2H3,(H3,6,7,8,9,10,11). The molecule has 0 unspecified atom stereocenters. The molecule has 0 atom stereocenters. The zero-order valence-corrected chi connectivity index (χ0v) is 6.34. The lowest BCUT2D eigenvalue weighted by molar-refractivity contribution is 0.247. The van der Waals surface area contributed by atoms with Gasteiger partial charge in [-0.05, 0) is 0 Å². The zero-order chi connectivity index (χ0) is 8.69. The summed E-state index contributed by atoms with van der Waals surface area (Å²) in [6.07, 6.45) is 1.01. The van der Waals surface area contributed by atoms with Gasteiger partial charge in [0.2, 0.25) is 0 Å². The summed E-state index contributed by atoms with van der Waals surface area (Å²) in [5, 5.41) is 6.73. The maximum atomic E-state index is 10.4. The van der Waals surface area contributed by atoms with Crippen LogP contribution in [0.4, 0.5) is 9.59 Å². The van der Waals surface area contributed by atoms with Gasteiger partial charge in [0.25, 0.3) is 0 Å². The minimum Gasteiger partial charge on any atom is -0.341 e. The van der Waals surface area contributed by atoms with Crippen molar-refractivity contribution < 1.29 is 9.59 Å². The van der Waals surface area contributed by atoms with E-state index in [0.717, 1.165) is 6.34 Å². The molecule has 0 rings (SSSR count). The number of amides is 4. The molecule has 0 spiro atoms. The van der Waals surface area contributed by atoms with Crippen LogP contribution in [-0.4, -0.2) is 32.5 Å². The average molecular weight is 158 g/mol. The van der Waals surface area contributed by atoms with Gasteiger partial charge in [0, 0.05) is 14.1 Å². The summed E-state index contributed by atoms with van der Waals surface area (Å²) >= 11 is 0. The minimum atomic E-state index is -0.513. The highest BCUT2D eigenvalue weighted by molar-refractivity contribution is 5.91. The Kier molecular flexibility index (Phi) is 4.46. The quantitative estimate of drug-likeness (QED) is 0.347. The third-order valence-corrected chi connectivity index (χ3v) is 0.818. The van der Waals surface area contributed by atoms with Crippen LogP contribution >= 0.6 is 0 Å². The van der Waals surface area contributed by atoms with Crippen LogP contribution in [0.25, 0.3) is 0 Å². The molecule has 0 fully saturated rings. The number of carbonyl (C=O) groups excluding carboxylic acids is 2. The first-order valence-corrected chi connectivity index (χ1v) is 2.93. The monoisotopic (exact) mass is 158 g/mol. The van der Waals surface area contributed by atoms with Crippen LogP contribution in [0.5, 0.6) is 0 Å². The summed E-state index contributed by atoms with van der Waals surface area (Å²) in [6.45, 7) is 0. The van der Waals surface area contributed by atoms with Crippen LogP contribution < -0.4 is 16.0 Å². The van der Waals surface area contributed by atoms with Gasteiger partial charge < -0.3 is 10.6 Å². The molecule has 0 aromatic heterocycles. The average Bonchev–Trinajstić information content (AvgIpc) is 2.04. The van der Waals surface area contributed by atoms with Gasteiger partial charge in [0.05, 0.1) is 0 Å². The van der Waals surface area contributed by atoms with Gasteiger partial charge in [-0.3, -0.25) is 5.32 Å². The highest BCUT2D eigenvalue weighted by Gasteiger charge is 1.91. The predicted octanol–water partition coefficient (Wildman–Crippen LogP) is -0.717. The summed E-state index contributed by atoms with van der Waals surface area (Å²) in [5.74, 6) is 0. The zero-order valence-electron chi connectivity index (χ0n) is 6.34. The van der Waals surface area contributed by atoms with Crippen molar-refractivity contribution in [2.24, 2.45) is 4.99 Å². The molecule has 0 saturated carbocycles. The number of urea groups is 2. The molecular formula is C5H10N4O2. The fourth-order valence-corrected chi connectivity index (χ4v) is 0.286. The molecule has 3 N–H and O–H groups in total. The Morgan fingerprint density at radius 3 is 2.36 bits per heavy atom. The van der Waals surface area contributed by atoms with Crippen molar-refractivity contribution in [1.82, 2.24) is 16.0 Å². The molecule has 0 saturated heterocycles. The number of hydrogen-bond donors (Lipinski definition) is 3. The Hall–Kier alpha value is -1.59. The second-order valence-corrected chi connectivity index (χ2v) is 1.54. The summed E-state index contributed by atoms with van der Waals surface area (Å²) in [6, 6.07) is -0.931. The fourth-order valence-electron chi connectivity index (χ4n) is 0.286. The summed E-state index contributed by atoms with van der Waals surface area (Å²) in [4.78, 5) is 24.1. The lowest BCUT2D eigenvalue weighted by Crippen LogP contribution is -2.32. The van der Waals surface area contributed by atoms with Crippen molar-refractivity contribution in [2.45, 2.75) is 0 Å². The van der Waals surface area contributed by atoms with Crippen molar-refractivity contribution in [3.8, 4) is 0 Å². The summed E-state index contributed by atoms with van der Waals surface area (Å²) in [7, 11) is 2.91. The van der Waals surface area contributed by atoms with E-state index in [9.17, 15) is 9.59 Å². The second-order valence-electron chi connectivity index (χ2n) is 1.54. The van der Waals surface area contributed by atoms with E-state index >= 15 is 0 Å². The third-order valence-electron chi connectivity index (χ3n) is 0.818. The van der Waals surface area contributed by atoms with Crippen LogP contribution in [0.2, 0.25) is 0 Å². The second kappa shape index (κ2) is 5.21. The molecule has 11 heavy (non-hydrogen) atoms. The number of nitrogens with one attached hydrogen (secondary N) is 3. The fraction of sp³-hybridized carbons (Fsp3) is 0.400. The molecule has 0 aromatic carbocycles. The van der Waals surface area contributed by atoms with E-state index in [4.69, 9.17) is 0 Å². The van der Waals surface area contributed by atoms with Crippen LogP contribution in [0.3, 0.4) is 0 Å². The molecule has 0 bridgehead atoms. The van der Waals surface area contributed by atoms with E-state index < -0.39 is 12.1 Å². The maximum absolute atomic E-state index is 10.4. The molecule has 6 nitrogen and oxygen atoms in total. The number of rotatable bonds is 1.